The van der Waals surface area contributed by atoms with Crippen molar-refractivity contribution < 1.29 is 19.0 Å². The van der Waals surface area contributed by atoms with Crippen LogP contribution in [0.4, 0.5) is 0 Å². The predicted octanol–water partition coefficient (Wildman–Crippen LogP) is 2.75. The molecule has 0 radical (unpaired) electrons. The molecule has 2 unspecified atom stereocenters. The van der Waals surface area contributed by atoms with E-state index in [4.69, 9.17) is 25.8 Å². The fourth-order valence-corrected chi connectivity index (χ4v) is 2.97. The van der Waals surface area contributed by atoms with E-state index in [1.165, 1.54) is 0 Å². The molecule has 6 heteroatoms. The predicted molar refractivity (Wildman–Crippen MR) is 83.0 cm³/mol. The Balaban J connectivity index is 1.89. The van der Waals surface area contributed by atoms with Gasteiger partial charge in [-0.25, -0.2) is 0 Å². The third-order valence-corrected chi connectivity index (χ3v) is 4.20. The second-order valence-corrected chi connectivity index (χ2v) is 6.19. The van der Waals surface area contributed by atoms with Crippen molar-refractivity contribution in [1.82, 2.24) is 4.90 Å². The van der Waals surface area contributed by atoms with E-state index in [-0.39, 0.29) is 18.1 Å². The zero-order valence-corrected chi connectivity index (χ0v) is 13.6. The van der Waals surface area contributed by atoms with Crippen LogP contribution in [-0.2, 0) is 4.74 Å². The average molecular weight is 326 g/mol. The Morgan fingerprint density at radius 2 is 2.05 bits per heavy atom. The number of ether oxygens (including phenoxy) is 3. The Bertz CT molecular complexity index is 578. The van der Waals surface area contributed by atoms with E-state index in [1.807, 2.05) is 18.7 Å². The summed E-state index contributed by atoms with van der Waals surface area (Å²) < 4.78 is 16.8. The molecule has 5 nitrogen and oxygen atoms in total. The van der Waals surface area contributed by atoms with Gasteiger partial charge in [-0.3, -0.25) is 4.79 Å². The van der Waals surface area contributed by atoms with Gasteiger partial charge in [0.25, 0.3) is 5.91 Å². The van der Waals surface area contributed by atoms with Gasteiger partial charge in [0.2, 0.25) is 0 Å². The van der Waals surface area contributed by atoms with Gasteiger partial charge in [0, 0.05) is 18.5 Å². The first-order valence-corrected chi connectivity index (χ1v) is 7.95. The van der Waals surface area contributed by atoms with Crippen molar-refractivity contribution in [2.24, 2.45) is 0 Å². The molecular formula is C16H20ClNO4. The minimum Gasteiger partial charge on any atom is -0.489 e. The lowest BCUT2D eigenvalue weighted by atomic mass is 10.1. The number of amides is 1. The van der Waals surface area contributed by atoms with Crippen molar-refractivity contribution in [3.8, 4) is 11.5 Å². The highest BCUT2D eigenvalue weighted by Crippen LogP contribution is 2.38. The Labute approximate surface area is 135 Å². The van der Waals surface area contributed by atoms with E-state index < -0.39 is 0 Å². The number of hydrogen-bond donors (Lipinski definition) is 0. The zero-order chi connectivity index (χ0) is 15.7. The van der Waals surface area contributed by atoms with Gasteiger partial charge < -0.3 is 19.1 Å². The lowest BCUT2D eigenvalue weighted by Crippen LogP contribution is -2.50. The fourth-order valence-electron chi connectivity index (χ4n) is 2.71. The molecule has 1 fully saturated rings. The molecule has 1 aromatic carbocycles. The Morgan fingerprint density at radius 3 is 2.86 bits per heavy atom. The van der Waals surface area contributed by atoms with Crippen LogP contribution in [0.15, 0.2) is 12.1 Å². The summed E-state index contributed by atoms with van der Waals surface area (Å²) in [6.07, 6.45) is 0.836. The summed E-state index contributed by atoms with van der Waals surface area (Å²) in [4.78, 5) is 14.6. The van der Waals surface area contributed by atoms with E-state index >= 15 is 0 Å². The Hall–Kier alpha value is -1.46. The molecular weight excluding hydrogens is 306 g/mol. The molecule has 1 amide bonds. The quantitative estimate of drug-likeness (QED) is 0.796. The van der Waals surface area contributed by atoms with Gasteiger partial charge >= 0.3 is 0 Å². The molecule has 1 aromatic rings. The largest absolute Gasteiger partial charge is 0.489 e. The third-order valence-electron chi connectivity index (χ3n) is 3.92. The number of carbonyl (C=O) groups excluding carboxylic acids is 1. The van der Waals surface area contributed by atoms with Crippen LogP contribution in [0.5, 0.6) is 11.5 Å². The number of rotatable bonds is 1. The van der Waals surface area contributed by atoms with Crippen LogP contribution < -0.4 is 9.47 Å². The van der Waals surface area contributed by atoms with Gasteiger partial charge in [-0.1, -0.05) is 11.6 Å². The normalized spacial score (nSPS) is 24.8. The van der Waals surface area contributed by atoms with Gasteiger partial charge in [-0.2, -0.15) is 0 Å². The molecule has 3 rings (SSSR count). The van der Waals surface area contributed by atoms with Crippen molar-refractivity contribution in [2.75, 3.05) is 26.4 Å². The highest BCUT2D eigenvalue weighted by atomic mass is 35.5. The zero-order valence-electron chi connectivity index (χ0n) is 12.8. The number of fused-ring (bicyclic) bond motifs is 1. The number of morpholine rings is 1. The summed E-state index contributed by atoms with van der Waals surface area (Å²) in [6.45, 7) is 6.20. The van der Waals surface area contributed by atoms with E-state index in [2.05, 4.69) is 0 Å². The van der Waals surface area contributed by atoms with Crippen molar-refractivity contribution in [2.45, 2.75) is 32.4 Å². The topological polar surface area (TPSA) is 48.0 Å². The summed E-state index contributed by atoms with van der Waals surface area (Å²) in [5.74, 6) is 1.02. The van der Waals surface area contributed by atoms with E-state index in [0.717, 1.165) is 6.42 Å². The smallest absolute Gasteiger partial charge is 0.254 e. The lowest BCUT2D eigenvalue weighted by Gasteiger charge is -2.37. The first-order valence-electron chi connectivity index (χ1n) is 7.58. The number of nitrogens with zero attached hydrogens (tertiary/aromatic N) is 1. The summed E-state index contributed by atoms with van der Waals surface area (Å²) in [7, 11) is 0. The first kappa shape index (κ1) is 15.4. The van der Waals surface area contributed by atoms with Crippen LogP contribution in [0.3, 0.4) is 0 Å². The summed E-state index contributed by atoms with van der Waals surface area (Å²) in [5.41, 5.74) is 0.523. The maximum Gasteiger partial charge on any atom is 0.254 e. The van der Waals surface area contributed by atoms with E-state index in [1.54, 1.807) is 12.1 Å². The molecule has 0 aliphatic carbocycles. The molecule has 1 saturated heterocycles. The standard InChI is InChI=1S/C16H20ClNO4/c1-10-9-22-11(2)8-18(10)16(19)12-6-13(17)15-14(7-12)20-4-3-5-21-15/h6-7,10-11H,3-5,8-9H2,1-2H3. The SMILES string of the molecule is CC1CN(C(=O)c2cc(Cl)c3c(c2)OCCCO3)C(C)CO1. The van der Waals surface area contributed by atoms with Crippen molar-refractivity contribution in [3.05, 3.63) is 22.7 Å². The van der Waals surface area contributed by atoms with Crippen LogP contribution in [0.1, 0.15) is 30.6 Å². The fraction of sp³-hybridized carbons (Fsp3) is 0.562. The van der Waals surface area contributed by atoms with Gasteiger partial charge in [-0.15, -0.1) is 0 Å². The van der Waals surface area contributed by atoms with Crippen LogP contribution in [0, 0.1) is 0 Å². The summed E-state index contributed by atoms with van der Waals surface area (Å²) >= 11 is 6.27. The number of halogens is 1. The van der Waals surface area contributed by atoms with Gasteiger partial charge in [0.1, 0.15) is 0 Å². The number of hydrogen-bond acceptors (Lipinski definition) is 4. The molecule has 22 heavy (non-hydrogen) atoms. The molecule has 0 bridgehead atoms. The van der Waals surface area contributed by atoms with E-state index in [0.29, 0.717) is 48.5 Å². The van der Waals surface area contributed by atoms with Crippen LogP contribution in [-0.4, -0.2) is 49.3 Å². The van der Waals surface area contributed by atoms with Crippen LogP contribution >= 0.6 is 11.6 Å². The van der Waals surface area contributed by atoms with Crippen molar-refractivity contribution in [1.29, 1.82) is 0 Å². The Morgan fingerprint density at radius 1 is 1.27 bits per heavy atom. The average Bonchev–Trinajstić information content (AvgIpc) is 2.74. The van der Waals surface area contributed by atoms with Gasteiger partial charge in [-0.05, 0) is 26.0 Å². The molecule has 2 heterocycles. The van der Waals surface area contributed by atoms with Gasteiger partial charge in [0.05, 0.1) is 37.0 Å². The molecule has 0 spiro atoms. The number of benzene rings is 1. The minimum atomic E-state index is -0.0554. The van der Waals surface area contributed by atoms with E-state index in [9.17, 15) is 4.79 Å². The Kier molecular flexibility index (Phi) is 4.45. The van der Waals surface area contributed by atoms with Crippen molar-refractivity contribution >= 4 is 17.5 Å². The highest BCUT2D eigenvalue weighted by molar-refractivity contribution is 6.32. The molecule has 2 aliphatic rings. The maximum atomic E-state index is 12.8. The van der Waals surface area contributed by atoms with Crippen molar-refractivity contribution in [3.63, 3.8) is 0 Å². The molecule has 2 aliphatic heterocycles. The molecule has 2 atom stereocenters. The molecule has 0 saturated carbocycles. The summed E-state index contributed by atoms with van der Waals surface area (Å²) in [6, 6.07) is 3.42. The maximum absolute atomic E-state index is 12.8. The first-order chi connectivity index (χ1) is 10.6. The lowest BCUT2D eigenvalue weighted by molar-refractivity contribution is -0.0387. The second-order valence-electron chi connectivity index (χ2n) is 5.79. The molecule has 120 valence electrons. The third kappa shape index (κ3) is 3.01. The molecule has 0 N–H and O–H groups in total. The monoisotopic (exact) mass is 325 g/mol. The summed E-state index contributed by atoms with van der Waals surface area (Å²) in [5, 5.41) is 0.414. The van der Waals surface area contributed by atoms with Crippen LogP contribution in [0.25, 0.3) is 0 Å². The molecule has 0 aromatic heterocycles. The van der Waals surface area contributed by atoms with Gasteiger partial charge in [0.15, 0.2) is 11.5 Å². The minimum absolute atomic E-state index is 0.0380. The number of carbonyl (C=O) groups is 1. The second kappa shape index (κ2) is 6.34. The highest BCUT2D eigenvalue weighted by Gasteiger charge is 2.29. The van der Waals surface area contributed by atoms with Crippen LogP contribution in [0.2, 0.25) is 5.02 Å².